The van der Waals surface area contributed by atoms with Gasteiger partial charge in [-0.1, -0.05) is 0 Å². The molecular formula is C15H14N2O4. The summed E-state index contributed by atoms with van der Waals surface area (Å²) >= 11 is 0. The van der Waals surface area contributed by atoms with E-state index in [1.807, 2.05) is 0 Å². The summed E-state index contributed by atoms with van der Waals surface area (Å²) in [6, 6.07) is 11.0. The predicted octanol–water partition coefficient (Wildman–Crippen LogP) is 2.54. The molecule has 2 aromatic carbocycles. The molecule has 108 valence electrons. The molecule has 0 aliphatic heterocycles. The summed E-state index contributed by atoms with van der Waals surface area (Å²) in [5.41, 5.74) is 4.09. The molecule has 0 atom stereocenters. The first-order valence-electron chi connectivity index (χ1n) is 6.09. The van der Waals surface area contributed by atoms with Gasteiger partial charge in [-0.05, 0) is 42.5 Å². The number of aromatic carboxylic acids is 1. The Bertz CT molecular complexity index is 666. The van der Waals surface area contributed by atoms with Gasteiger partial charge >= 0.3 is 5.97 Å². The third-order valence-electron chi connectivity index (χ3n) is 2.76. The minimum absolute atomic E-state index is 0.0857. The topological polar surface area (TPSA) is 91.2 Å². The Morgan fingerprint density at radius 1 is 1.24 bits per heavy atom. The van der Waals surface area contributed by atoms with Crippen molar-refractivity contribution in [3.8, 4) is 11.5 Å². The van der Waals surface area contributed by atoms with Crippen molar-refractivity contribution < 1.29 is 19.7 Å². The fourth-order valence-corrected chi connectivity index (χ4v) is 1.63. The summed E-state index contributed by atoms with van der Waals surface area (Å²) in [7, 11) is 1.54. The maximum Gasteiger partial charge on any atom is 0.335 e. The number of phenolic OH excluding ortho intramolecular Hbond substituents is 1. The number of phenols is 1. The monoisotopic (exact) mass is 286 g/mol. The molecule has 0 saturated carbocycles. The Kier molecular flexibility index (Phi) is 4.40. The van der Waals surface area contributed by atoms with Gasteiger partial charge in [-0.2, -0.15) is 5.10 Å². The third-order valence-corrected chi connectivity index (χ3v) is 2.76. The number of rotatable bonds is 5. The molecular weight excluding hydrogens is 272 g/mol. The van der Waals surface area contributed by atoms with Crippen molar-refractivity contribution in [1.82, 2.24) is 0 Å². The minimum Gasteiger partial charge on any atom is -0.507 e. The van der Waals surface area contributed by atoms with Crippen LogP contribution in [-0.2, 0) is 0 Å². The van der Waals surface area contributed by atoms with Gasteiger partial charge in [0, 0.05) is 5.56 Å². The van der Waals surface area contributed by atoms with E-state index in [9.17, 15) is 9.90 Å². The summed E-state index contributed by atoms with van der Waals surface area (Å²) in [5.74, 6) is -0.283. The SMILES string of the molecule is COc1ccc(O)c(C=NNc2ccc(C(=O)O)cc2)c1. The molecule has 2 rings (SSSR count). The first-order chi connectivity index (χ1) is 10.1. The summed E-state index contributed by atoms with van der Waals surface area (Å²) in [6.07, 6.45) is 1.45. The van der Waals surface area contributed by atoms with Crippen LogP contribution in [0.1, 0.15) is 15.9 Å². The fraction of sp³-hybridized carbons (Fsp3) is 0.0667. The molecule has 0 aliphatic carbocycles. The molecule has 0 aliphatic rings. The molecule has 0 aromatic heterocycles. The molecule has 21 heavy (non-hydrogen) atoms. The van der Waals surface area contributed by atoms with Gasteiger partial charge < -0.3 is 14.9 Å². The molecule has 0 amide bonds. The van der Waals surface area contributed by atoms with Crippen LogP contribution in [0.5, 0.6) is 11.5 Å². The quantitative estimate of drug-likeness (QED) is 0.580. The lowest BCUT2D eigenvalue weighted by atomic mass is 10.2. The molecule has 2 aromatic rings. The number of benzene rings is 2. The van der Waals surface area contributed by atoms with Gasteiger partial charge in [0.05, 0.1) is 24.6 Å². The number of carbonyl (C=O) groups is 1. The third kappa shape index (κ3) is 3.73. The van der Waals surface area contributed by atoms with E-state index in [1.54, 1.807) is 24.3 Å². The number of anilines is 1. The highest BCUT2D eigenvalue weighted by atomic mass is 16.5. The normalized spacial score (nSPS) is 10.5. The molecule has 0 radical (unpaired) electrons. The number of carboxylic acid groups (broad SMARTS) is 1. The van der Waals surface area contributed by atoms with Crippen LogP contribution in [0.25, 0.3) is 0 Å². The van der Waals surface area contributed by atoms with Crippen LogP contribution >= 0.6 is 0 Å². The van der Waals surface area contributed by atoms with Gasteiger partial charge in [-0.25, -0.2) is 4.79 Å². The van der Waals surface area contributed by atoms with E-state index in [4.69, 9.17) is 9.84 Å². The van der Waals surface area contributed by atoms with Crippen LogP contribution < -0.4 is 10.2 Å². The van der Waals surface area contributed by atoms with Crippen molar-refractivity contribution in [3.05, 3.63) is 53.6 Å². The standard InChI is InChI=1S/C15H14N2O4/c1-21-13-6-7-14(18)11(8-13)9-16-17-12-4-2-10(3-5-12)15(19)20/h2-9,17-18H,1H3,(H,19,20). The molecule has 6 nitrogen and oxygen atoms in total. The Morgan fingerprint density at radius 3 is 2.57 bits per heavy atom. The number of methoxy groups -OCH3 is 1. The molecule has 0 fully saturated rings. The van der Waals surface area contributed by atoms with E-state index in [2.05, 4.69) is 10.5 Å². The van der Waals surface area contributed by atoms with Gasteiger partial charge in [0.1, 0.15) is 11.5 Å². The van der Waals surface area contributed by atoms with Crippen LogP contribution in [0.3, 0.4) is 0 Å². The van der Waals surface area contributed by atoms with Crippen LogP contribution in [-0.4, -0.2) is 29.5 Å². The first-order valence-corrected chi connectivity index (χ1v) is 6.09. The lowest BCUT2D eigenvalue weighted by Crippen LogP contribution is -1.96. The van der Waals surface area contributed by atoms with E-state index in [0.717, 1.165) is 0 Å². The van der Waals surface area contributed by atoms with Crippen molar-refractivity contribution in [2.45, 2.75) is 0 Å². The highest BCUT2D eigenvalue weighted by Gasteiger charge is 2.02. The number of hydrazone groups is 1. The van der Waals surface area contributed by atoms with E-state index < -0.39 is 5.97 Å². The summed E-state index contributed by atoms with van der Waals surface area (Å²) in [4.78, 5) is 10.7. The number of nitrogens with one attached hydrogen (secondary N) is 1. The minimum atomic E-state index is -0.980. The summed E-state index contributed by atoms with van der Waals surface area (Å²) in [5, 5.41) is 22.5. The van der Waals surface area contributed by atoms with Gasteiger partial charge in [-0.15, -0.1) is 0 Å². The van der Waals surface area contributed by atoms with Gasteiger partial charge in [0.25, 0.3) is 0 Å². The number of hydrogen-bond acceptors (Lipinski definition) is 5. The lowest BCUT2D eigenvalue weighted by molar-refractivity contribution is 0.0697. The molecule has 3 N–H and O–H groups in total. The smallest absolute Gasteiger partial charge is 0.335 e. The average Bonchev–Trinajstić information content (AvgIpc) is 2.49. The number of hydrogen-bond donors (Lipinski definition) is 3. The average molecular weight is 286 g/mol. The van der Waals surface area contributed by atoms with Crippen molar-refractivity contribution in [2.75, 3.05) is 12.5 Å². The number of aromatic hydroxyl groups is 1. The largest absolute Gasteiger partial charge is 0.507 e. The zero-order valence-electron chi connectivity index (χ0n) is 11.3. The molecule has 0 unspecified atom stereocenters. The maximum absolute atomic E-state index is 10.7. The summed E-state index contributed by atoms with van der Waals surface area (Å²) < 4.78 is 5.06. The van der Waals surface area contributed by atoms with E-state index in [-0.39, 0.29) is 11.3 Å². The van der Waals surface area contributed by atoms with E-state index >= 15 is 0 Å². The van der Waals surface area contributed by atoms with Crippen LogP contribution in [0.2, 0.25) is 0 Å². The van der Waals surface area contributed by atoms with Crippen LogP contribution in [0, 0.1) is 0 Å². The Balaban J connectivity index is 2.06. The van der Waals surface area contributed by atoms with Gasteiger partial charge in [0.2, 0.25) is 0 Å². The molecule has 0 saturated heterocycles. The molecule has 0 heterocycles. The zero-order chi connectivity index (χ0) is 15.2. The van der Waals surface area contributed by atoms with Crippen LogP contribution in [0.15, 0.2) is 47.6 Å². The second kappa shape index (κ2) is 6.42. The van der Waals surface area contributed by atoms with E-state index in [1.165, 1.54) is 31.5 Å². The Hall–Kier alpha value is -3.02. The van der Waals surface area contributed by atoms with E-state index in [0.29, 0.717) is 17.0 Å². The van der Waals surface area contributed by atoms with Crippen molar-refractivity contribution in [3.63, 3.8) is 0 Å². The fourth-order valence-electron chi connectivity index (χ4n) is 1.63. The van der Waals surface area contributed by atoms with Crippen molar-refractivity contribution >= 4 is 17.9 Å². The van der Waals surface area contributed by atoms with Gasteiger partial charge in [0.15, 0.2) is 0 Å². The van der Waals surface area contributed by atoms with Crippen molar-refractivity contribution in [2.24, 2.45) is 5.10 Å². The lowest BCUT2D eigenvalue weighted by Gasteiger charge is -2.04. The predicted molar refractivity (Wildman–Crippen MR) is 79.3 cm³/mol. The Morgan fingerprint density at radius 2 is 1.95 bits per heavy atom. The molecule has 0 bridgehead atoms. The maximum atomic E-state index is 10.7. The highest BCUT2D eigenvalue weighted by Crippen LogP contribution is 2.21. The Labute approximate surface area is 121 Å². The van der Waals surface area contributed by atoms with Gasteiger partial charge in [-0.3, -0.25) is 5.43 Å². The van der Waals surface area contributed by atoms with Crippen LogP contribution in [0.4, 0.5) is 5.69 Å². The second-order valence-corrected chi connectivity index (χ2v) is 4.18. The zero-order valence-corrected chi connectivity index (χ0v) is 11.3. The number of ether oxygens (including phenoxy) is 1. The number of carboxylic acids is 1. The van der Waals surface area contributed by atoms with Crippen molar-refractivity contribution in [1.29, 1.82) is 0 Å². The number of nitrogens with zero attached hydrogens (tertiary/aromatic N) is 1. The first kappa shape index (κ1) is 14.4. The highest BCUT2D eigenvalue weighted by molar-refractivity contribution is 5.88. The second-order valence-electron chi connectivity index (χ2n) is 4.18. The summed E-state index contributed by atoms with van der Waals surface area (Å²) in [6.45, 7) is 0. The molecule has 0 spiro atoms. The molecule has 6 heteroatoms.